The van der Waals surface area contributed by atoms with Gasteiger partial charge >= 0.3 is 0 Å². The van der Waals surface area contributed by atoms with Gasteiger partial charge in [0.15, 0.2) is 0 Å². The molecule has 3 N–H and O–H groups in total. The van der Waals surface area contributed by atoms with Crippen molar-refractivity contribution in [2.75, 3.05) is 6.54 Å². The standard InChI is InChI=1S/C15H21ClN2O/c1-3-15(19,4-2)10-17-9-13-14(16)11-7-5-6-8-12(11)18-13/h5-8,17-19H,3-4,9-10H2,1-2H3. The molecule has 2 rings (SSSR count). The van der Waals surface area contributed by atoms with Gasteiger partial charge in [-0.2, -0.15) is 0 Å². The van der Waals surface area contributed by atoms with Gasteiger partial charge < -0.3 is 15.4 Å². The Hall–Kier alpha value is -1.03. The molecule has 0 unspecified atom stereocenters. The van der Waals surface area contributed by atoms with Gasteiger partial charge in [0.2, 0.25) is 0 Å². The maximum absolute atomic E-state index is 10.2. The molecule has 0 spiro atoms. The molecule has 19 heavy (non-hydrogen) atoms. The fourth-order valence-corrected chi connectivity index (χ4v) is 2.48. The fraction of sp³-hybridized carbons (Fsp3) is 0.467. The number of para-hydroxylation sites is 1. The van der Waals surface area contributed by atoms with E-state index in [0.29, 0.717) is 13.1 Å². The Balaban J connectivity index is 2.04. The van der Waals surface area contributed by atoms with Crippen molar-refractivity contribution in [2.45, 2.75) is 38.8 Å². The predicted molar refractivity (Wildman–Crippen MR) is 80.5 cm³/mol. The lowest BCUT2D eigenvalue weighted by molar-refractivity contribution is 0.0322. The van der Waals surface area contributed by atoms with Crippen molar-refractivity contribution in [3.63, 3.8) is 0 Å². The zero-order valence-electron chi connectivity index (χ0n) is 11.5. The first-order valence-electron chi connectivity index (χ1n) is 6.78. The summed E-state index contributed by atoms with van der Waals surface area (Å²) in [5.74, 6) is 0. The number of halogens is 1. The summed E-state index contributed by atoms with van der Waals surface area (Å²) >= 11 is 6.34. The Morgan fingerprint density at radius 2 is 1.95 bits per heavy atom. The zero-order valence-corrected chi connectivity index (χ0v) is 12.2. The van der Waals surface area contributed by atoms with Gasteiger partial charge in [-0.15, -0.1) is 0 Å². The topological polar surface area (TPSA) is 48.0 Å². The highest BCUT2D eigenvalue weighted by Crippen LogP contribution is 2.27. The van der Waals surface area contributed by atoms with Crippen LogP contribution in [-0.2, 0) is 6.54 Å². The molecule has 1 aromatic carbocycles. The smallest absolute Gasteiger partial charge is 0.0766 e. The SMILES string of the molecule is CCC(O)(CC)CNCc1[nH]c2ccccc2c1Cl. The first-order chi connectivity index (χ1) is 9.09. The summed E-state index contributed by atoms with van der Waals surface area (Å²) in [7, 11) is 0. The van der Waals surface area contributed by atoms with E-state index >= 15 is 0 Å². The molecular weight excluding hydrogens is 260 g/mol. The number of fused-ring (bicyclic) bond motifs is 1. The van der Waals surface area contributed by atoms with E-state index < -0.39 is 5.60 Å². The number of nitrogens with one attached hydrogen (secondary N) is 2. The number of rotatable bonds is 6. The second-order valence-corrected chi connectivity index (χ2v) is 5.38. The summed E-state index contributed by atoms with van der Waals surface area (Å²) in [4.78, 5) is 3.31. The summed E-state index contributed by atoms with van der Waals surface area (Å²) in [6, 6.07) is 7.98. The third-order valence-electron chi connectivity index (χ3n) is 3.79. The minimum Gasteiger partial charge on any atom is -0.389 e. The minimum atomic E-state index is -0.626. The van der Waals surface area contributed by atoms with Gasteiger partial charge in [-0.05, 0) is 18.9 Å². The van der Waals surface area contributed by atoms with Crippen molar-refractivity contribution in [2.24, 2.45) is 0 Å². The third kappa shape index (κ3) is 3.11. The van der Waals surface area contributed by atoms with Crippen LogP contribution in [0.2, 0.25) is 5.02 Å². The molecule has 0 atom stereocenters. The van der Waals surface area contributed by atoms with Crippen molar-refractivity contribution < 1.29 is 5.11 Å². The van der Waals surface area contributed by atoms with Crippen molar-refractivity contribution in [1.82, 2.24) is 10.3 Å². The second-order valence-electron chi connectivity index (χ2n) is 5.00. The van der Waals surface area contributed by atoms with Gasteiger partial charge in [-0.25, -0.2) is 0 Å². The van der Waals surface area contributed by atoms with Crippen LogP contribution in [0.25, 0.3) is 10.9 Å². The van der Waals surface area contributed by atoms with Crippen LogP contribution in [0.3, 0.4) is 0 Å². The molecule has 1 heterocycles. The summed E-state index contributed by atoms with van der Waals surface area (Å²) in [6.45, 7) is 5.21. The number of benzene rings is 1. The van der Waals surface area contributed by atoms with Gasteiger partial charge in [-0.1, -0.05) is 43.6 Å². The highest BCUT2D eigenvalue weighted by atomic mass is 35.5. The molecule has 2 aromatic rings. The van der Waals surface area contributed by atoms with E-state index in [9.17, 15) is 5.11 Å². The van der Waals surface area contributed by atoms with Crippen LogP contribution in [0.4, 0.5) is 0 Å². The lowest BCUT2D eigenvalue weighted by Gasteiger charge is -2.25. The fourth-order valence-electron chi connectivity index (χ4n) is 2.21. The molecular formula is C15H21ClN2O. The van der Waals surface area contributed by atoms with Crippen molar-refractivity contribution in [1.29, 1.82) is 0 Å². The lowest BCUT2D eigenvalue weighted by Crippen LogP contribution is -2.39. The Bertz CT molecular complexity index is 546. The zero-order chi connectivity index (χ0) is 13.9. The highest BCUT2D eigenvalue weighted by molar-refractivity contribution is 6.36. The summed E-state index contributed by atoms with van der Waals surface area (Å²) in [6.07, 6.45) is 1.49. The van der Waals surface area contributed by atoms with Crippen LogP contribution in [0.1, 0.15) is 32.4 Å². The van der Waals surface area contributed by atoms with Crippen LogP contribution in [0, 0.1) is 0 Å². The van der Waals surface area contributed by atoms with E-state index in [2.05, 4.69) is 10.3 Å². The first-order valence-corrected chi connectivity index (χ1v) is 7.15. The summed E-state index contributed by atoms with van der Waals surface area (Å²) < 4.78 is 0. The first kappa shape index (κ1) is 14.4. The van der Waals surface area contributed by atoms with Gasteiger partial charge in [0.1, 0.15) is 0 Å². The maximum atomic E-state index is 10.2. The largest absolute Gasteiger partial charge is 0.389 e. The van der Waals surface area contributed by atoms with Crippen LogP contribution < -0.4 is 5.32 Å². The molecule has 0 amide bonds. The second kappa shape index (κ2) is 5.95. The molecule has 0 saturated carbocycles. The Morgan fingerprint density at radius 1 is 1.26 bits per heavy atom. The molecule has 0 bridgehead atoms. The molecule has 104 valence electrons. The molecule has 0 aliphatic rings. The van der Waals surface area contributed by atoms with Crippen LogP contribution in [0.15, 0.2) is 24.3 Å². The Labute approximate surface area is 119 Å². The predicted octanol–water partition coefficient (Wildman–Crippen LogP) is 3.46. The van der Waals surface area contributed by atoms with Crippen molar-refractivity contribution >= 4 is 22.5 Å². The van der Waals surface area contributed by atoms with E-state index in [0.717, 1.165) is 34.5 Å². The number of aromatic nitrogens is 1. The molecule has 0 aliphatic heterocycles. The normalized spacial score (nSPS) is 12.2. The molecule has 0 fully saturated rings. The monoisotopic (exact) mass is 280 g/mol. The van der Waals surface area contributed by atoms with E-state index in [4.69, 9.17) is 11.6 Å². The van der Waals surface area contributed by atoms with E-state index in [-0.39, 0.29) is 0 Å². The highest BCUT2D eigenvalue weighted by Gasteiger charge is 2.21. The lowest BCUT2D eigenvalue weighted by atomic mass is 9.98. The third-order valence-corrected chi connectivity index (χ3v) is 4.22. The molecule has 3 nitrogen and oxygen atoms in total. The minimum absolute atomic E-state index is 0.575. The van der Waals surface area contributed by atoms with Gasteiger partial charge in [0.05, 0.1) is 10.6 Å². The molecule has 0 radical (unpaired) electrons. The summed E-state index contributed by atoms with van der Waals surface area (Å²) in [5, 5.41) is 15.3. The Kier molecular flexibility index (Phi) is 4.50. The number of aromatic amines is 1. The van der Waals surface area contributed by atoms with Crippen LogP contribution in [-0.4, -0.2) is 22.2 Å². The van der Waals surface area contributed by atoms with E-state index in [1.54, 1.807) is 0 Å². The number of aliphatic hydroxyl groups is 1. The van der Waals surface area contributed by atoms with Crippen LogP contribution >= 0.6 is 11.6 Å². The molecule has 1 aromatic heterocycles. The Morgan fingerprint density at radius 3 is 2.58 bits per heavy atom. The van der Waals surface area contributed by atoms with Crippen molar-refractivity contribution in [3.05, 3.63) is 35.0 Å². The van der Waals surface area contributed by atoms with E-state index in [1.807, 2.05) is 38.1 Å². The molecule has 0 saturated heterocycles. The van der Waals surface area contributed by atoms with Crippen molar-refractivity contribution in [3.8, 4) is 0 Å². The number of hydrogen-bond acceptors (Lipinski definition) is 2. The number of H-pyrrole nitrogens is 1. The summed E-state index contributed by atoms with van der Waals surface area (Å²) in [5.41, 5.74) is 1.39. The molecule has 0 aliphatic carbocycles. The molecule has 4 heteroatoms. The van der Waals surface area contributed by atoms with Gasteiger partial charge in [0, 0.05) is 29.7 Å². The maximum Gasteiger partial charge on any atom is 0.0766 e. The average molecular weight is 281 g/mol. The quantitative estimate of drug-likeness (QED) is 0.759. The van der Waals surface area contributed by atoms with Crippen LogP contribution in [0.5, 0.6) is 0 Å². The number of hydrogen-bond donors (Lipinski definition) is 3. The van der Waals surface area contributed by atoms with E-state index in [1.165, 1.54) is 0 Å². The van der Waals surface area contributed by atoms with Gasteiger partial charge in [-0.3, -0.25) is 0 Å². The van der Waals surface area contributed by atoms with Gasteiger partial charge in [0.25, 0.3) is 0 Å². The average Bonchev–Trinajstić information content (AvgIpc) is 2.76.